The van der Waals surface area contributed by atoms with E-state index in [0.29, 0.717) is 17.5 Å². The van der Waals surface area contributed by atoms with E-state index in [4.69, 9.17) is 15.0 Å². The average molecular weight is 707 g/mol. The van der Waals surface area contributed by atoms with E-state index < -0.39 is 5.41 Å². The minimum Gasteiger partial charge on any atom is -0.311 e. The summed E-state index contributed by atoms with van der Waals surface area (Å²) in [6, 6.07) is 51.9. The smallest absolute Gasteiger partial charge is 0.165 e. The molecule has 3 aromatic heterocycles. The van der Waals surface area contributed by atoms with Crippen molar-refractivity contribution in [3.8, 4) is 39.6 Å². The fraction of sp³-hybridized carbons (Fsp3) is 0.0408. The quantitative estimate of drug-likeness (QED) is 0.183. The first-order valence-corrected chi connectivity index (χ1v) is 19.2. The number of benzene rings is 6. The number of fused-ring (bicyclic) bond motifs is 9. The highest BCUT2D eigenvalue weighted by molar-refractivity contribution is 7.26. The summed E-state index contributed by atoms with van der Waals surface area (Å²) in [6.45, 7) is 0. The zero-order valence-electron chi connectivity index (χ0n) is 29.1. The molecule has 1 unspecified atom stereocenters. The van der Waals surface area contributed by atoms with Crippen molar-refractivity contribution in [3.05, 3.63) is 186 Å². The summed E-state index contributed by atoms with van der Waals surface area (Å²) in [5.74, 6) is 2.06. The molecule has 0 radical (unpaired) electrons. The van der Waals surface area contributed by atoms with Gasteiger partial charge in [-0.1, -0.05) is 146 Å². The Hall–Kier alpha value is -6.69. The first kappa shape index (κ1) is 29.8. The molecule has 0 saturated carbocycles. The van der Waals surface area contributed by atoms with E-state index in [1.165, 1.54) is 59.2 Å². The van der Waals surface area contributed by atoms with E-state index in [1.807, 2.05) is 0 Å². The SMILES string of the molecule is C1=Cc2c3n(c4ccccc24)-c2ccccc2C2=CC=C(c4nc(-c5ccccc5-c5ccccc5)nc(-c5cccc6c5sc5ccccc56)n4)C23C1. The number of rotatable bonds is 4. The minimum atomic E-state index is -0.476. The lowest BCUT2D eigenvalue weighted by Gasteiger charge is -2.42. The highest BCUT2D eigenvalue weighted by Crippen LogP contribution is 2.61. The van der Waals surface area contributed by atoms with Crippen LogP contribution in [0.1, 0.15) is 29.1 Å². The molecule has 0 N–H and O–H groups in total. The molecule has 9 aromatic rings. The third-order valence-corrected chi connectivity index (χ3v) is 12.8. The van der Waals surface area contributed by atoms with Crippen LogP contribution in [0.25, 0.3) is 87.9 Å². The predicted molar refractivity (Wildman–Crippen MR) is 224 cm³/mol. The Balaban J connectivity index is 1.15. The predicted octanol–water partition coefficient (Wildman–Crippen LogP) is 12.3. The molecule has 4 nitrogen and oxygen atoms in total. The first-order chi connectivity index (χ1) is 26.8. The summed E-state index contributed by atoms with van der Waals surface area (Å²) in [5, 5.41) is 3.74. The minimum absolute atomic E-state index is 0.476. The molecular weight excluding hydrogens is 677 g/mol. The largest absolute Gasteiger partial charge is 0.311 e. The van der Waals surface area contributed by atoms with Gasteiger partial charge in [0.15, 0.2) is 17.5 Å². The number of hydrogen-bond acceptors (Lipinski definition) is 4. The lowest BCUT2D eigenvalue weighted by molar-refractivity contribution is 0.659. The van der Waals surface area contributed by atoms with Crippen molar-refractivity contribution in [1.29, 1.82) is 0 Å². The lowest BCUT2D eigenvalue weighted by atomic mass is 9.64. The Labute approximate surface area is 315 Å². The number of hydrogen-bond donors (Lipinski definition) is 0. The Morgan fingerprint density at radius 3 is 2.06 bits per heavy atom. The molecule has 12 rings (SSSR count). The average Bonchev–Trinajstić information content (AvgIpc) is 3.92. The molecule has 4 heterocycles. The highest BCUT2D eigenvalue weighted by atomic mass is 32.1. The molecular formula is C49H30N4S. The molecule has 54 heavy (non-hydrogen) atoms. The van der Waals surface area contributed by atoms with Gasteiger partial charge in [-0.05, 0) is 47.4 Å². The standard InChI is InChI=1S/C49H30N4S/c1-2-14-30(15-3-1)31-16-4-5-19-36(31)46-50-47(38-22-12-21-34-33-18-8-11-26-43(33)54-44(34)38)52-48(51-46)40-28-27-39-37-20-7-10-25-42(37)53-41-24-9-6-17-32(41)35-23-13-29-49(39,40)45(35)53/h1-28H,29H2. The van der Waals surface area contributed by atoms with Crippen molar-refractivity contribution in [2.24, 2.45) is 0 Å². The summed E-state index contributed by atoms with van der Waals surface area (Å²) in [5.41, 5.74) is 12.4. The summed E-state index contributed by atoms with van der Waals surface area (Å²) in [7, 11) is 0. The van der Waals surface area contributed by atoms with Crippen LogP contribution in [-0.2, 0) is 5.41 Å². The molecule has 0 saturated heterocycles. The van der Waals surface area contributed by atoms with Gasteiger partial charge in [0.25, 0.3) is 0 Å². The number of thiophene rings is 1. The summed E-state index contributed by atoms with van der Waals surface area (Å²) in [4.78, 5) is 16.4. The maximum Gasteiger partial charge on any atom is 0.165 e. The Morgan fingerprint density at radius 1 is 0.519 bits per heavy atom. The Morgan fingerprint density at radius 2 is 1.17 bits per heavy atom. The van der Waals surface area contributed by atoms with Gasteiger partial charge in [-0.3, -0.25) is 0 Å². The Kier molecular flexibility index (Phi) is 6.17. The molecule has 5 heteroatoms. The van der Waals surface area contributed by atoms with E-state index in [-0.39, 0.29) is 0 Å². The maximum absolute atomic E-state index is 5.50. The topological polar surface area (TPSA) is 43.6 Å². The molecule has 6 aromatic carbocycles. The zero-order chi connectivity index (χ0) is 35.4. The van der Waals surface area contributed by atoms with Crippen LogP contribution in [0, 0.1) is 0 Å². The summed E-state index contributed by atoms with van der Waals surface area (Å²) in [6.07, 6.45) is 10.1. The second-order valence-corrected chi connectivity index (χ2v) is 15.4. The van der Waals surface area contributed by atoms with Gasteiger partial charge in [0, 0.05) is 59.1 Å². The zero-order valence-corrected chi connectivity index (χ0v) is 29.9. The van der Waals surface area contributed by atoms with Crippen molar-refractivity contribution >= 4 is 59.6 Å². The third kappa shape index (κ3) is 3.99. The van der Waals surface area contributed by atoms with Crippen molar-refractivity contribution in [2.75, 3.05) is 0 Å². The maximum atomic E-state index is 5.50. The van der Waals surface area contributed by atoms with E-state index >= 15 is 0 Å². The fourth-order valence-electron chi connectivity index (χ4n) is 9.32. The molecule has 0 bridgehead atoms. The van der Waals surface area contributed by atoms with Crippen LogP contribution in [-0.4, -0.2) is 19.5 Å². The first-order valence-electron chi connectivity index (χ1n) is 18.4. The second-order valence-electron chi connectivity index (χ2n) is 14.3. The number of allylic oxidation sites excluding steroid dienone is 5. The van der Waals surface area contributed by atoms with Gasteiger partial charge < -0.3 is 4.57 Å². The van der Waals surface area contributed by atoms with Gasteiger partial charge in [0.1, 0.15) is 0 Å². The van der Waals surface area contributed by atoms with E-state index in [9.17, 15) is 0 Å². The van der Waals surface area contributed by atoms with Crippen LogP contribution in [0.2, 0.25) is 0 Å². The molecule has 1 spiro atoms. The van der Waals surface area contributed by atoms with Crippen molar-refractivity contribution in [2.45, 2.75) is 11.8 Å². The van der Waals surface area contributed by atoms with E-state index in [0.717, 1.165) is 34.2 Å². The summed E-state index contributed by atoms with van der Waals surface area (Å²) >= 11 is 1.80. The van der Waals surface area contributed by atoms with Gasteiger partial charge in [-0.2, -0.15) is 0 Å². The molecule has 0 amide bonds. The molecule has 1 atom stereocenters. The second kappa shape index (κ2) is 11.2. The third-order valence-electron chi connectivity index (χ3n) is 11.6. The normalized spacial score (nSPS) is 16.7. The number of aromatic nitrogens is 4. The number of nitrogens with zero attached hydrogens (tertiary/aromatic N) is 4. The highest BCUT2D eigenvalue weighted by Gasteiger charge is 2.52. The van der Waals surface area contributed by atoms with Crippen molar-refractivity contribution in [1.82, 2.24) is 19.5 Å². The van der Waals surface area contributed by atoms with Crippen LogP contribution >= 0.6 is 11.3 Å². The molecule has 0 fully saturated rings. The number of para-hydroxylation sites is 2. The van der Waals surface area contributed by atoms with Gasteiger partial charge in [-0.15, -0.1) is 11.3 Å². The van der Waals surface area contributed by atoms with Crippen LogP contribution in [0.5, 0.6) is 0 Å². The van der Waals surface area contributed by atoms with Crippen LogP contribution in [0.3, 0.4) is 0 Å². The Bertz CT molecular complexity index is 3140. The van der Waals surface area contributed by atoms with Gasteiger partial charge in [0.2, 0.25) is 0 Å². The van der Waals surface area contributed by atoms with Crippen LogP contribution < -0.4 is 0 Å². The van der Waals surface area contributed by atoms with Crippen molar-refractivity contribution in [3.63, 3.8) is 0 Å². The monoisotopic (exact) mass is 706 g/mol. The van der Waals surface area contributed by atoms with Gasteiger partial charge in [-0.25, -0.2) is 15.0 Å². The molecule has 252 valence electrons. The van der Waals surface area contributed by atoms with Crippen LogP contribution in [0.4, 0.5) is 0 Å². The fourth-order valence-corrected chi connectivity index (χ4v) is 10.5. The lowest BCUT2D eigenvalue weighted by Crippen LogP contribution is -2.36. The molecule has 1 aliphatic heterocycles. The van der Waals surface area contributed by atoms with Gasteiger partial charge in [0.05, 0.1) is 16.6 Å². The summed E-state index contributed by atoms with van der Waals surface area (Å²) < 4.78 is 4.95. The molecule has 2 aliphatic carbocycles. The van der Waals surface area contributed by atoms with Crippen LogP contribution in [0.15, 0.2) is 164 Å². The van der Waals surface area contributed by atoms with E-state index in [1.54, 1.807) is 11.3 Å². The molecule has 3 aliphatic rings. The van der Waals surface area contributed by atoms with E-state index in [2.05, 4.69) is 174 Å². The van der Waals surface area contributed by atoms with Gasteiger partial charge >= 0.3 is 0 Å². The van der Waals surface area contributed by atoms with Crippen molar-refractivity contribution < 1.29 is 0 Å².